The van der Waals surface area contributed by atoms with E-state index in [1.165, 1.54) is 17.0 Å². The summed E-state index contributed by atoms with van der Waals surface area (Å²) in [6.45, 7) is 4.02. The zero-order chi connectivity index (χ0) is 26.9. The van der Waals surface area contributed by atoms with Gasteiger partial charge in [0.25, 0.3) is 0 Å². The average Bonchev–Trinajstić information content (AvgIpc) is 2.82. The van der Waals surface area contributed by atoms with Crippen molar-refractivity contribution in [1.82, 2.24) is 10.2 Å². The van der Waals surface area contributed by atoms with Crippen molar-refractivity contribution in [3.63, 3.8) is 0 Å². The van der Waals surface area contributed by atoms with Crippen LogP contribution in [-0.4, -0.2) is 57.1 Å². The number of carbonyl (C=O) groups is 2. The summed E-state index contributed by atoms with van der Waals surface area (Å²) in [5.41, 5.74) is 1.02. The fraction of sp³-hybridized carbons (Fsp3) is 0.440. The number of benzene rings is 2. The monoisotopic (exact) mass is 575 g/mol. The number of sulfonamides is 1. The molecule has 7 nitrogen and oxygen atoms in total. The van der Waals surface area contributed by atoms with Crippen LogP contribution < -0.4 is 9.62 Å². The number of rotatable bonds is 13. The topological polar surface area (TPSA) is 86.8 Å². The Labute approximate surface area is 228 Å². The Morgan fingerprint density at radius 3 is 2.22 bits per heavy atom. The first-order valence-corrected chi connectivity index (χ1v) is 14.7. The highest BCUT2D eigenvalue weighted by atomic mass is 35.5. The van der Waals surface area contributed by atoms with Gasteiger partial charge in [0, 0.05) is 13.1 Å². The molecule has 2 aromatic rings. The van der Waals surface area contributed by atoms with Crippen LogP contribution in [0, 0.1) is 0 Å². The first-order chi connectivity index (χ1) is 17.0. The number of carbonyl (C=O) groups excluding carboxylic acids is 2. The first-order valence-electron chi connectivity index (χ1n) is 11.7. The molecule has 1 unspecified atom stereocenters. The molecule has 2 aromatic carbocycles. The predicted octanol–water partition coefficient (Wildman–Crippen LogP) is 5.18. The van der Waals surface area contributed by atoms with Gasteiger partial charge in [0.15, 0.2) is 0 Å². The van der Waals surface area contributed by atoms with E-state index in [-0.39, 0.29) is 33.2 Å². The third kappa shape index (κ3) is 8.54. The molecule has 0 fully saturated rings. The summed E-state index contributed by atoms with van der Waals surface area (Å²) in [7, 11) is -3.94. The zero-order valence-corrected chi connectivity index (χ0v) is 23.7. The number of amides is 2. The molecule has 0 bridgehead atoms. The van der Waals surface area contributed by atoms with Gasteiger partial charge in [0.2, 0.25) is 21.8 Å². The maximum atomic E-state index is 13.6. The van der Waals surface area contributed by atoms with Gasteiger partial charge in [-0.05, 0) is 37.0 Å². The lowest BCUT2D eigenvalue weighted by molar-refractivity contribution is -0.139. The van der Waals surface area contributed by atoms with Crippen molar-refractivity contribution in [3.8, 4) is 0 Å². The minimum absolute atomic E-state index is 0.0304. The second-order valence-electron chi connectivity index (χ2n) is 8.38. The number of hydrogen-bond donors (Lipinski definition) is 1. The van der Waals surface area contributed by atoms with Crippen molar-refractivity contribution in [2.24, 2.45) is 0 Å². The maximum Gasteiger partial charge on any atom is 0.244 e. The van der Waals surface area contributed by atoms with Gasteiger partial charge < -0.3 is 10.2 Å². The molecule has 198 valence electrons. The van der Waals surface area contributed by atoms with Gasteiger partial charge in [-0.1, -0.05) is 85.4 Å². The lowest BCUT2D eigenvalue weighted by Gasteiger charge is -2.33. The lowest BCUT2D eigenvalue weighted by atomic mass is 10.1. The van der Waals surface area contributed by atoms with Crippen LogP contribution in [0.3, 0.4) is 0 Å². The van der Waals surface area contributed by atoms with Crippen molar-refractivity contribution in [1.29, 1.82) is 0 Å². The van der Waals surface area contributed by atoms with Crippen LogP contribution in [0.4, 0.5) is 5.69 Å². The first kappa shape index (κ1) is 30.2. The van der Waals surface area contributed by atoms with Gasteiger partial charge in [-0.2, -0.15) is 0 Å². The quantitative estimate of drug-likeness (QED) is 0.263. The number of anilines is 1. The van der Waals surface area contributed by atoms with Gasteiger partial charge in [-0.15, -0.1) is 0 Å². The second kappa shape index (κ2) is 14.1. The summed E-state index contributed by atoms with van der Waals surface area (Å²) in [6.07, 6.45) is 3.57. The van der Waals surface area contributed by atoms with Crippen LogP contribution in [0.2, 0.25) is 15.1 Å². The third-order valence-corrected chi connectivity index (χ3v) is 7.79. The number of nitrogens with zero attached hydrogens (tertiary/aromatic N) is 2. The molecule has 0 aromatic heterocycles. The number of unbranched alkanes of at least 4 members (excludes halogenated alkanes) is 1. The summed E-state index contributed by atoms with van der Waals surface area (Å²) < 4.78 is 26.3. The molecule has 0 radical (unpaired) electrons. The molecule has 0 aliphatic carbocycles. The lowest BCUT2D eigenvalue weighted by Crippen LogP contribution is -2.53. The molecule has 2 amide bonds. The van der Waals surface area contributed by atoms with Gasteiger partial charge >= 0.3 is 0 Å². The Balaban J connectivity index is 2.39. The second-order valence-corrected chi connectivity index (χ2v) is 11.5. The highest BCUT2D eigenvalue weighted by molar-refractivity contribution is 7.92. The minimum Gasteiger partial charge on any atom is -0.354 e. The number of halogens is 3. The molecular weight excluding hydrogens is 545 g/mol. The van der Waals surface area contributed by atoms with Crippen LogP contribution >= 0.6 is 34.8 Å². The van der Waals surface area contributed by atoms with Crippen molar-refractivity contribution in [2.45, 2.75) is 45.6 Å². The highest BCUT2D eigenvalue weighted by Crippen LogP contribution is 2.35. The Morgan fingerprint density at radius 2 is 1.64 bits per heavy atom. The number of hydrogen-bond acceptors (Lipinski definition) is 4. The molecule has 0 spiro atoms. The van der Waals surface area contributed by atoms with Crippen molar-refractivity contribution in [3.05, 3.63) is 63.1 Å². The zero-order valence-electron chi connectivity index (χ0n) is 20.6. The highest BCUT2D eigenvalue weighted by Gasteiger charge is 2.32. The van der Waals surface area contributed by atoms with Gasteiger partial charge in [0.05, 0.1) is 27.0 Å². The molecule has 0 aliphatic heterocycles. The van der Waals surface area contributed by atoms with E-state index >= 15 is 0 Å². The summed E-state index contributed by atoms with van der Waals surface area (Å²) >= 11 is 18.4. The molecule has 2 rings (SSSR count). The van der Waals surface area contributed by atoms with Gasteiger partial charge in [-0.25, -0.2) is 8.42 Å². The van der Waals surface area contributed by atoms with E-state index < -0.39 is 28.5 Å². The van der Waals surface area contributed by atoms with Crippen LogP contribution in [-0.2, 0) is 26.0 Å². The van der Waals surface area contributed by atoms with E-state index in [2.05, 4.69) is 5.32 Å². The van der Waals surface area contributed by atoms with Crippen LogP contribution in [0.1, 0.15) is 38.7 Å². The van der Waals surface area contributed by atoms with E-state index in [1.54, 1.807) is 0 Å². The summed E-state index contributed by atoms with van der Waals surface area (Å²) in [6, 6.07) is 11.4. The Kier molecular flexibility index (Phi) is 11.8. The van der Waals surface area contributed by atoms with Gasteiger partial charge in [-0.3, -0.25) is 13.9 Å². The van der Waals surface area contributed by atoms with E-state index in [1.807, 2.05) is 44.2 Å². The Hall–Kier alpha value is -2.00. The van der Waals surface area contributed by atoms with Gasteiger partial charge in [0.1, 0.15) is 12.6 Å². The molecule has 0 saturated heterocycles. The summed E-state index contributed by atoms with van der Waals surface area (Å²) in [4.78, 5) is 28.1. The standard InChI is InChI=1S/C25H32Cl3N3O4S/c1-4-6-13-29-25(33)22(5-2)30(14-12-18-10-8-7-9-11-18)24(32)17-31(36(3,34)35)23-16-20(27)19(26)15-21(23)28/h7-11,15-16,22H,4-6,12-14,17H2,1-3H3,(H,29,33). The maximum absolute atomic E-state index is 13.6. The molecule has 0 heterocycles. The van der Waals surface area contributed by atoms with Crippen LogP contribution in [0.15, 0.2) is 42.5 Å². The molecular formula is C25H32Cl3N3O4S. The van der Waals surface area contributed by atoms with Crippen molar-refractivity contribution < 1.29 is 18.0 Å². The number of nitrogens with one attached hydrogen (secondary N) is 1. The summed E-state index contributed by atoms with van der Waals surface area (Å²) in [5, 5.41) is 3.17. The predicted molar refractivity (Wildman–Crippen MR) is 148 cm³/mol. The normalized spacial score (nSPS) is 12.2. The summed E-state index contributed by atoms with van der Waals surface area (Å²) in [5.74, 6) is -0.804. The van der Waals surface area contributed by atoms with Crippen LogP contribution in [0.25, 0.3) is 0 Å². The minimum atomic E-state index is -3.94. The van der Waals surface area contributed by atoms with E-state index in [0.29, 0.717) is 19.4 Å². The fourth-order valence-corrected chi connectivity index (χ4v) is 5.25. The van der Waals surface area contributed by atoms with Crippen LogP contribution in [0.5, 0.6) is 0 Å². The molecule has 0 aliphatic rings. The van der Waals surface area contributed by atoms with Crippen molar-refractivity contribution in [2.75, 3.05) is 30.2 Å². The molecule has 1 atom stereocenters. The SMILES string of the molecule is CCCCNC(=O)C(CC)N(CCc1ccccc1)C(=O)CN(c1cc(Cl)c(Cl)cc1Cl)S(C)(=O)=O. The van der Waals surface area contributed by atoms with E-state index in [0.717, 1.165) is 29.0 Å². The Morgan fingerprint density at radius 1 is 1.00 bits per heavy atom. The molecule has 0 saturated carbocycles. The average molecular weight is 577 g/mol. The molecule has 11 heteroatoms. The largest absolute Gasteiger partial charge is 0.354 e. The third-order valence-electron chi connectivity index (χ3n) is 5.64. The smallest absolute Gasteiger partial charge is 0.244 e. The molecule has 36 heavy (non-hydrogen) atoms. The Bertz CT molecular complexity index is 1150. The fourth-order valence-electron chi connectivity index (χ4n) is 3.70. The van der Waals surface area contributed by atoms with E-state index in [9.17, 15) is 18.0 Å². The van der Waals surface area contributed by atoms with E-state index in [4.69, 9.17) is 34.8 Å². The molecule has 1 N–H and O–H groups in total. The van der Waals surface area contributed by atoms with Crippen molar-refractivity contribution >= 4 is 62.3 Å².